The fourth-order valence-electron chi connectivity index (χ4n) is 3.97. The van der Waals surface area contributed by atoms with Crippen molar-refractivity contribution in [3.63, 3.8) is 0 Å². The van der Waals surface area contributed by atoms with Crippen molar-refractivity contribution in [3.8, 4) is 0 Å². The van der Waals surface area contributed by atoms with E-state index in [1.807, 2.05) is 0 Å². The highest BCUT2D eigenvalue weighted by molar-refractivity contribution is 4.88. The van der Waals surface area contributed by atoms with Crippen molar-refractivity contribution in [2.24, 2.45) is 0 Å². The van der Waals surface area contributed by atoms with E-state index in [-0.39, 0.29) is 13.2 Å². The molecule has 0 aromatic rings. The van der Waals surface area contributed by atoms with Gasteiger partial charge >= 0.3 is 0 Å². The van der Waals surface area contributed by atoms with E-state index in [0.29, 0.717) is 6.61 Å². The Kier molecular flexibility index (Phi) is 17.7. The second-order valence-corrected chi connectivity index (χ2v) is 8.74. The van der Waals surface area contributed by atoms with Gasteiger partial charge in [0.25, 0.3) is 0 Å². The molecule has 1 heterocycles. The quantitative estimate of drug-likeness (QED) is 0.190. The lowest BCUT2D eigenvalue weighted by Crippen LogP contribution is -2.42. The van der Waals surface area contributed by atoms with Crippen molar-refractivity contribution in [2.45, 2.75) is 128 Å². The van der Waals surface area contributed by atoms with E-state index < -0.39 is 24.4 Å². The molecule has 3 N–H and O–H groups in total. The molecule has 0 aromatic heterocycles. The zero-order valence-corrected chi connectivity index (χ0v) is 19.4. The van der Waals surface area contributed by atoms with Crippen LogP contribution in [-0.2, 0) is 9.47 Å². The van der Waals surface area contributed by atoms with Gasteiger partial charge in [-0.05, 0) is 32.1 Å². The van der Waals surface area contributed by atoms with Crippen LogP contribution in [0.3, 0.4) is 0 Å². The van der Waals surface area contributed by atoms with E-state index in [9.17, 15) is 15.3 Å². The smallest absolute Gasteiger partial charge is 0.114 e. The summed E-state index contributed by atoms with van der Waals surface area (Å²) in [6.45, 7) is 2.70. The van der Waals surface area contributed by atoms with E-state index in [2.05, 4.69) is 19.1 Å². The van der Waals surface area contributed by atoms with E-state index in [1.54, 1.807) is 0 Å². The van der Waals surface area contributed by atoms with Crippen molar-refractivity contribution in [2.75, 3.05) is 19.8 Å². The molecule has 0 unspecified atom stereocenters. The third-order valence-electron chi connectivity index (χ3n) is 5.97. The SMILES string of the molecule is CCCCCCCCCCC/C=C/CCCCCCO[C@@H](CO)[C@@H]1OC[C@@H](O)[C@@H]1O. The number of unbranched alkanes of at least 4 members (excludes halogenated alkanes) is 13. The molecule has 30 heavy (non-hydrogen) atoms. The Hall–Kier alpha value is -0.460. The molecule has 5 nitrogen and oxygen atoms in total. The minimum absolute atomic E-state index is 0.0956. The number of hydrogen-bond acceptors (Lipinski definition) is 5. The predicted molar refractivity (Wildman–Crippen MR) is 123 cm³/mol. The molecular formula is C25H48O5. The highest BCUT2D eigenvalue weighted by Gasteiger charge is 2.40. The summed E-state index contributed by atoms with van der Waals surface area (Å²) in [4.78, 5) is 0. The Bertz CT molecular complexity index is 401. The van der Waals surface area contributed by atoms with Crippen LogP contribution in [0.15, 0.2) is 12.2 Å². The average molecular weight is 429 g/mol. The Labute approximate surface area is 184 Å². The van der Waals surface area contributed by atoms with Crippen LogP contribution in [0.1, 0.15) is 103 Å². The van der Waals surface area contributed by atoms with Gasteiger partial charge in [-0.1, -0.05) is 83.3 Å². The molecule has 0 saturated carbocycles. The molecule has 0 bridgehead atoms. The fraction of sp³-hybridized carbons (Fsp3) is 0.920. The number of aliphatic hydroxyl groups is 3. The van der Waals surface area contributed by atoms with E-state index in [0.717, 1.165) is 19.3 Å². The van der Waals surface area contributed by atoms with Crippen LogP contribution in [0.5, 0.6) is 0 Å². The van der Waals surface area contributed by atoms with Gasteiger partial charge in [0.15, 0.2) is 0 Å². The number of rotatable bonds is 20. The highest BCUT2D eigenvalue weighted by atomic mass is 16.6. The van der Waals surface area contributed by atoms with Crippen LogP contribution >= 0.6 is 0 Å². The van der Waals surface area contributed by atoms with Crippen LogP contribution in [0, 0.1) is 0 Å². The molecule has 1 fully saturated rings. The summed E-state index contributed by atoms with van der Waals surface area (Å²) in [6.07, 6.45) is 20.9. The van der Waals surface area contributed by atoms with E-state index in [1.165, 1.54) is 77.0 Å². The molecule has 1 saturated heterocycles. The summed E-state index contributed by atoms with van der Waals surface area (Å²) >= 11 is 0. The Morgan fingerprint density at radius 1 is 0.833 bits per heavy atom. The Morgan fingerprint density at radius 2 is 1.37 bits per heavy atom. The maximum atomic E-state index is 9.84. The van der Waals surface area contributed by atoms with E-state index >= 15 is 0 Å². The van der Waals surface area contributed by atoms with Crippen LogP contribution in [-0.4, -0.2) is 59.6 Å². The van der Waals surface area contributed by atoms with Gasteiger partial charge in [-0.3, -0.25) is 0 Å². The van der Waals surface area contributed by atoms with Gasteiger partial charge < -0.3 is 24.8 Å². The van der Waals surface area contributed by atoms with Gasteiger partial charge in [-0.25, -0.2) is 0 Å². The predicted octanol–water partition coefficient (Wildman–Crippen LogP) is 4.91. The lowest BCUT2D eigenvalue weighted by Gasteiger charge is -2.24. The molecule has 0 aromatic carbocycles. The van der Waals surface area contributed by atoms with Crippen LogP contribution in [0.2, 0.25) is 0 Å². The Morgan fingerprint density at radius 3 is 1.87 bits per heavy atom. The van der Waals surface area contributed by atoms with Gasteiger partial charge in [0, 0.05) is 6.61 Å². The molecule has 178 valence electrons. The number of hydrogen-bond donors (Lipinski definition) is 3. The molecule has 0 aliphatic carbocycles. The summed E-state index contributed by atoms with van der Waals surface area (Å²) in [7, 11) is 0. The first-order chi connectivity index (χ1) is 14.7. The third kappa shape index (κ3) is 13.1. The zero-order chi connectivity index (χ0) is 21.9. The van der Waals surface area contributed by atoms with Crippen molar-refractivity contribution >= 4 is 0 Å². The molecule has 5 heteroatoms. The molecule has 0 amide bonds. The summed E-state index contributed by atoms with van der Waals surface area (Å²) in [5.41, 5.74) is 0. The largest absolute Gasteiger partial charge is 0.394 e. The second kappa shape index (κ2) is 19.2. The Balaban J connectivity index is 1.84. The minimum atomic E-state index is -0.982. The first kappa shape index (κ1) is 27.6. The zero-order valence-electron chi connectivity index (χ0n) is 19.4. The standard InChI is InChI=1S/C25H48O5/c1-2-3-4-5-6-7-8-9-10-11-12-13-14-15-16-17-18-19-29-23(20-26)25-24(28)22(27)21-30-25/h12-13,22-28H,2-11,14-21H2,1H3/b13-12+/t22-,23+,24+,25+/m1/s1. The molecule has 0 spiro atoms. The van der Waals surface area contributed by atoms with Crippen LogP contribution in [0.25, 0.3) is 0 Å². The number of ether oxygens (including phenoxy) is 2. The number of allylic oxidation sites excluding steroid dienone is 2. The topological polar surface area (TPSA) is 79.2 Å². The summed E-state index contributed by atoms with van der Waals surface area (Å²) in [5.74, 6) is 0. The van der Waals surface area contributed by atoms with Crippen molar-refractivity contribution in [3.05, 3.63) is 12.2 Å². The first-order valence-corrected chi connectivity index (χ1v) is 12.6. The van der Waals surface area contributed by atoms with Gasteiger partial charge in [-0.15, -0.1) is 0 Å². The summed E-state index contributed by atoms with van der Waals surface area (Å²) in [6, 6.07) is 0. The highest BCUT2D eigenvalue weighted by Crippen LogP contribution is 2.20. The molecular weight excluding hydrogens is 380 g/mol. The maximum absolute atomic E-state index is 9.84. The molecule has 1 aliphatic heterocycles. The first-order valence-electron chi connectivity index (χ1n) is 12.6. The van der Waals surface area contributed by atoms with Crippen molar-refractivity contribution in [1.82, 2.24) is 0 Å². The second-order valence-electron chi connectivity index (χ2n) is 8.74. The molecule has 4 atom stereocenters. The molecule has 1 rings (SSSR count). The third-order valence-corrected chi connectivity index (χ3v) is 5.97. The molecule has 0 radical (unpaired) electrons. The normalized spacial score (nSPS) is 22.9. The summed E-state index contributed by atoms with van der Waals surface area (Å²) in [5, 5.41) is 28.8. The van der Waals surface area contributed by atoms with Crippen LogP contribution < -0.4 is 0 Å². The monoisotopic (exact) mass is 428 g/mol. The van der Waals surface area contributed by atoms with Gasteiger partial charge in [0.05, 0.1) is 13.2 Å². The minimum Gasteiger partial charge on any atom is -0.394 e. The fourth-order valence-corrected chi connectivity index (χ4v) is 3.97. The lowest BCUT2D eigenvalue weighted by atomic mass is 10.1. The van der Waals surface area contributed by atoms with Gasteiger partial charge in [0.1, 0.15) is 24.4 Å². The van der Waals surface area contributed by atoms with E-state index in [4.69, 9.17) is 9.47 Å². The maximum Gasteiger partial charge on any atom is 0.114 e. The number of aliphatic hydroxyl groups excluding tert-OH is 3. The van der Waals surface area contributed by atoms with Gasteiger partial charge in [-0.2, -0.15) is 0 Å². The summed E-state index contributed by atoms with van der Waals surface area (Å²) < 4.78 is 11.0. The van der Waals surface area contributed by atoms with Crippen LogP contribution in [0.4, 0.5) is 0 Å². The lowest BCUT2D eigenvalue weighted by molar-refractivity contribution is -0.101. The van der Waals surface area contributed by atoms with Gasteiger partial charge in [0.2, 0.25) is 0 Å². The average Bonchev–Trinajstić information content (AvgIpc) is 3.08. The molecule has 1 aliphatic rings. The van der Waals surface area contributed by atoms with Crippen molar-refractivity contribution in [1.29, 1.82) is 0 Å². The van der Waals surface area contributed by atoms with Crippen molar-refractivity contribution < 1.29 is 24.8 Å².